The van der Waals surface area contributed by atoms with Crippen LogP contribution in [0.25, 0.3) is 10.2 Å². The van der Waals surface area contributed by atoms with E-state index in [1.54, 1.807) is 16.2 Å². The number of carbonyl (C=O) groups excluding carboxylic acids is 1. The Morgan fingerprint density at radius 2 is 1.93 bits per heavy atom. The summed E-state index contributed by atoms with van der Waals surface area (Å²) >= 11 is 1.56. The second-order valence-electron chi connectivity index (χ2n) is 6.97. The molecule has 0 bridgehead atoms. The first kappa shape index (κ1) is 17.9. The summed E-state index contributed by atoms with van der Waals surface area (Å²) in [5.74, 6) is 0.809. The van der Waals surface area contributed by atoms with Gasteiger partial charge in [0.15, 0.2) is 0 Å². The number of nitrogens with zero attached hydrogens (tertiary/aromatic N) is 3. The van der Waals surface area contributed by atoms with E-state index in [4.69, 9.17) is 4.74 Å². The fourth-order valence-corrected chi connectivity index (χ4v) is 4.32. The molecule has 1 aromatic heterocycles. The van der Waals surface area contributed by atoms with Crippen LogP contribution in [0.2, 0.25) is 0 Å². The molecule has 1 fully saturated rings. The fraction of sp³-hybridized carbons (Fsp3) is 0.333. The maximum Gasteiger partial charge on any atom is 0.279 e. The van der Waals surface area contributed by atoms with Crippen molar-refractivity contribution in [2.24, 2.45) is 0 Å². The monoisotopic (exact) mass is 381 g/mol. The highest BCUT2D eigenvalue weighted by Crippen LogP contribution is 2.31. The maximum absolute atomic E-state index is 10.9. The van der Waals surface area contributed by atoms with Crippen LogP contribution in [-0.2, 0) is 11.3 Å². The number of carbonyl (C=O) groups is 1. The molecule has 2 aromatic carbocycles. The van der Waals surface area contributed by atoms with Crippen LogP contribution in [0.4, 0.5) is 0 Å². The highest BCUT2D eigenvalue weighted by atomic mass is 32.1. The van der Waals surface area contributed by atoms with Crippen LogP contribution in [0.5, 0.6) is 10.9 Å². The molecule has 0 aliphatic carbocycles. The van der Waals surface area contributed by atoms with E-state index < -0.39 is 0 Å². The predicted octanol–water partition coefficient (Wildman–Crippen LogP) is 4.14. The third-order valence-corrected chi connectivity index (χ3v) is 6.02. The first-order chi connectivity index (χ1) is 13.2. The van der Waals surface area contributed by atoms with Gasteiger partial charge in [0.1, 0.15) is 5.75 Å². The number of ether oxygens (including phenoxy) is 1. The van der Waals surface area contributed by atoms with Crippen molar-refractivity contribution in [3.05, 3.63) is 54.1 Å². The van der Waals surface area contributed by atoms with Crippen molar-refractivity contribution in [1.82, 2.24) is 14.8 Å². The zero-order valence-electron chi connectivity index (χ0n) is 15.4. The molecule has 5 nitrogen and oxygen atoms in total. The summed E-state index contributed by atoms with van der Waals surface area (Å²) in [5, 5.41) is 0.672. The van der Waals surface area contributed by atoms with Crippen molar-refractivity contribution in [2.45, 2.75) is 25.4 Å². The number of fused-ring (bicyclic) bond motifs is 1. The van der Waals surface area contributed by atoms with Gasteiger partial charge in [-0.25, -0.2) is 4.98 Å². The van der Waals surface area contributed by atoms with E-state index in [2.05, 4.69) is 28.1 Å². The number of likely N-dealkylation sites (tertiary alicyclic amines) is 1. The number of hydrogen-bond acceptors (Lipinski definition) is 5. The van der Waals surface area contributed by atoms with E-state index in [0.717, 1.165) is 54.9 Å². The Morgan fingerprint density at radius 1 is 1.19 bits per heavy atom. The quantitative estimate of drug-likeness (QED) is 0.602. The Morgan fingerprint density at radius 3 is 2.63 bits per heavy atom. The summed E-state index contributed by atoms with van der Waals surface area (Å²) in [7, 11) is 1.87. The lowest BCUT2D eigenvalue weighted by atomic mass is 10.0. The Labute approximate surface area is 163 Å². The molecule has 1 amide bonds. The first-order valence-electron chi connectivity index (χ1n) is 9.23. The number of benzene rings is 2. The van der Waals surface area contributed by atoms with Crippen molar-refractivity contribution in [2.75, 3.05) is 20.1 Å². The van der Waals surface area contributed by atoms with E-state index in [9.17, 15) is 4.79 Å². The SMILES string of the molecule is CN(C=O)C1CCN(Cc2ccc(Oc3nc4ccccc4s3)cc2)CC1. The Hall–Kier alpha value is -2.44. The normalized spacial score (nSPS) is 15.7. The van der Waals surface area contributed by atoms with E-state index in [1.165, 1.54) is 5.56 Å². The molecule has 27 heavy (non-hydrogen) atoms. The van der Waals surface area contributed by atoms with Crippen LogP contribution in [-0.4, -0.2) is 47.4 Å². The van der Waals surface area contributed by atoms with Gasteiger partial charge in [-0.2, -0.15) is 0 Å². The van der Waals surface area contributed by atoms with Crippen molar-refractivity contribution >= 4 is 28.0 Å². The average molecular weight is 382 g/mol. The number of rotatable bonds is 6. The van der Waals surface area contributed by atoms with Crippen molar-refractivity contribution in [3.63, 3.8) is 0 Å². The van der Waals surface area contributed by atoms with Crippen LogP contribution in [0, 0.1) is 0 Å². The number of thiazole rings is 1. The summed E-state index contributed by atoms with van der Waals surface area (Å²) < 4.78 is 7.05. The molecule has 4 rings (SSSR count). The highest BCUT2D eigenvalue weighted by molar-refractivity contribution is 7.20. The summed E-state index contributed by atoms with van der Waals surface area (Å²) in [4.78, 5) is 19.6. The van der Waals surface area contributed by atoms with Gasteiger partial charge in [-0.05, 0) is 42.7 Å². The summed E-state index contributed by atoms with van der Waals surface area (Å²) in [6.45, 7) is 2.97. The fourth-order valence-electron chi connectivity index (χ4n) is 3.49. The van der Waals surface area contributed by atoms with Gasteiger partial charge < -0.3 is 9.64 Å². The minimum atomic E-state index is 0.378. The minimum absolute atomic E-state index is 0.378. The molecule has 0 N–H and O–H groups in total. The zero-order valence-corrected chi connectivity index (χ0v) is 16.2. The smallest absolute Gasteiger partial charge is 0.279 e. The van der Waals surface area contributed by atoms with Crippen LogP contribution in [0.3, 0.4) is 0 Å². The Bertz CT molecular complexity index is 868. The average Bonchev–Trinajstić information content (AvgIpc) is 3.12. The number of para-hydroxylation sites is 1. The molecular weight excluding hydrogens is 358 g/mol. The first-order valence-corrected chi connectivity index (χ1v) is 10.0. The summed E-state index contributed by atoms with van der Waals surface area (Å²) in [6, 6.07) is 16.7. The van der Waals surface area contributed by atoms with E-state index in [-0.39, 0.29) is 0 Å². The molecule has 3 aromatic rings. The van der Waals surface area contributed by atoms with Gasteiger partial charge in [-0.1, -0.05) is 35.6 Å². The van der Waals surface area contributed by atoms with Crippen LogP contribution < -0.4 is 4.74 Å². The van der Waals surface area contributed by atoms with Crippen LogP contribution in [0.15, 0.2) is 48.5 Å². The molecule has 2 heterocycles. The Kier molecular flexibility index (Phi) is 5.36. The molecule has 1 aliphatic rings. The van der Waals surface area contributed by atoms with Gasteiger partial charge in [0, 0.05) is 32.7 Å². The molecule has 0 saturated carbocycles. The highest BCUT2D eigenvalue weighted by Gasteiger charge is 2.21. The molecule has 1 aliphatic heterocycles. The largest absolute Gasteiger partial charge is 0.431 e. The number of amides is 1. The molecule has 0 atom stereocenters. The van der Waals surface area contributed by atoms with Gasteiger partial charge in [-0.3, -0.25) is 9.69 Å². The molecule has 6 heteroatoms. The van der Waals surface area contributed by atoms with Crippen molar-refractivity contribution in [1.29, 1.82) is 0 Å². The lowest BCUT2D eigenvalue weighted by Crippen LogP contribution is -2.42. The molecule has 0 spiro atoms. The maximum atomic E-state index is 10.9. The third kappa shape index (κ3) is 4.28. The van der Waals surface area contributed by atoms with E-state index in [1.807, 2.05) is 37.4 Å². The van der Waals surface area contributed by atoms with Crippen molar-refractivity contribution < 1.29 is 9.53 Å². The van der Waals surface area contributed by atoms with E-state index >= 15 is 0 Å². The minimum Gasteiger partial charge on any atom is -0.431 e. The summed E-state index contributed by atoms with van der Waals surface area (Å²) in [5.41, 5.74) is 2.24. The lowest BCUT2D eigenvalue weighted by molar-refractivity contribution is -0.119. The second-order valence-corrected chi connectivity index (χ2v) is 7.96. The number of aromatic nitrogens is 1. The lowest BCUT2D eigenvalue weighted by Gasteiger charge is -2.35. The molecule has 0 unspecified atom stereocenters. The Balaban J connectivity index is 1.33. The number of hydrogen-bond donors (Lipinski definition) is 0. The van der Waals surface area contributed by atoms with Crippen LogP contribution >= 0.6 is 11.3 Å². The topological polar surface area (TPSA) is 45.7 Å². The molecule has 0 radical (unpaired) electrons. The van der Waals surface area contributed by atoms with Gasteiger partial charge in [0.2, 0.25) is 6.41 Å². The molecular formula is C21H23N3O2S. The van der Waals surface area contributed by atoms with Crippen LogP contribution in [0.1, 0.15) is 18.4 Å². The third-order valence-electron chi connectivity index (χ3n) is 5.11. The molecule has 140 valence electrons. The molecule has 1 saturated heterocycles. The van der Waals surface area contributed by atoms with Crippen molar-refractivity contribution in [3.8, 4) is 10.9 Å². The van der Waals surface area contributed by atoms with Gasteiger partial charge >= 0.3 is 0 Å². The van der Waals surface area contributed by atoms with E-state index in [0.29, 0.717) is 11.2 Å². The second kappa shape index (κ2) is 8.06. The summed E-state index contributed by atoms with van der Waals surface area (Å²) in [6.07, 6.45) is 3.01. The van der Waals surface area contributed by atoms with Gasteiger partial charge in [-0.15, -0.1) is 0 Å². The van der Waals surface area contributed by atoms with Gasteiger partial charge in [0.05, 0.1) is 10.2 Å². The zero-order chi connectivity index (χ0) is 18.6. The predicted molar refractivity (Wildman–Crippen MR) is 108 cm³/mol. The number of piperidine rings is 1. The van der Waals surface area contributed by atoms with Gasteiger partial charge in [0.25, 0.3) is 5.19 Å². The standard InChI is InChI=1S/C21H23N3O2S/c1-23(15-25)17-10-12-24(13-11-17)14-16-6-8-18(9-7-16)26-21-22-19-4-2-3-5-20(19)27-21/h2-9,15,17H,10-14H2,1H3.